The lowest BCUT2D eigenvalue weighted by molar-refractivity contribution is -0.147. The molecule has 0 aliphatic carbocycles. The molecule has 1 aromatic rings. The number of hydrogen-bond acceptors (Lipinski definition) is 2. The van der Waals surface area contributed by atoms with Gasteiger partial charge < -0.3 is 10.0 Å². The monoisotopic (exact) mass is 274 g/mol. The van der Waals surface area contributed by atoms with Crippen molar-refractivity contribution >= 4 is 17.7 Å². The number of urea groups is 1. The van der Waals surface area contributed by atoms with E-state index >= 15 is 0 Å². The van der Waals surface area contributed by atoms with Gasteiger partial charge in [0.15, 0.2) is 0 Å². The van der Waals surface area contributed by atoms with Crippen LogP contribution in [0.15, 0.2) is 24.3 Å². The van der Waals surface area contributed by atoms with E-state index < -0.39 is 11.5 Å². The molecule has 0 radical (unpaired) electrons. The second-order valence-electron chi connectivity index (χ2n) is 5.65. The maximum absolute atomic E-state index is 12.7. The molecule has 1 aromatic carbocycles. The van der Waals surface area contributed by atoms with Crippen molar-refractivity contribution in [3.63, 3.8) is 0 Å². The number of carbonyl (C=O) groups excluding carboxylic acids is 1. The number of carboxylic acids is 1. The van der Waals surface area contributed by atoms with Crippen LogP contribution < -0.4 is 4.90 Å². The van der Waals surface area contributed by atoms with E-state index in [1.165, 1.54) is 4.90 Å². The van der Waals surface area contributed by atoms with Gasteiger partial charge in [-0.05, 0) is 37.8 Å². The van der Waals surface area contributed by atoms with Crippen LogP contribution in [-0.4, -0.2) is 40.6 Å². The zero-order valence-corrected chi connectivity index (χ0v) is 11.5. The van der Waals surface area contributed by atoms with Crippen molar-refractivity contribution in [1.29, 1.82) is 0 Å². The van der Waals surface area contributed by atoms with E-state index in [0.717, 1.165) is 24.1 Å². The summed E-state index contributed by atoms with van der Waals surface area (Å²) in [5.74, 6) is -0.921. The summed E-state index contributed by atoms with van der Waals surface area (Å²) in [6, 6.07) is 7.63. The maximum atomic E-state index is 12.7. The smallest absolute Gasteiger partial charge is 0.329 e. The number of carboxylic acid groups (broad SMARTS) is 1. The van der Waals surface area contributed by atoms with Crippen molar-refractivity contribution < 1.29 is 14.7 Å². The minimum atomic E-state index is -1.07. The molecule has 1 atom stereocenters. The highest BCUT2D eigenvalue weighted by atomic mass is 16.4. The number of amides is 2. The number of aliphatic carboxylic acids is 1. The maximum Gasteiger partial charge on any atom is 0.329 e. The summed E-state index contributed by atoms with van der Waals surface area (Å²) in [5.41, 5.74) is 0.989. The molecular formula is C15H18N2O3. The third kappa shape index (κ3) is 1.77. The molecule has 106 valence electrons. The van der Waals surface area contributed by atoms with Crippen LogP contribution >= 0.6 is 0 Å². The van der Waals surface area contributed by atoms with E-state index in [2.05, 4.69) is 0 Å². The average molecular weight is 274 g/mol. The van der Waals surface area contributed by atoms with E-state index in [9.17, 15) is 14.7 Å². The van der Waals surface area contributed by atoms with Crippen LogP contribution in [-0.2, 0) is 11.2 Å². The molecule has 5 heteroatoms. The number of anilines is 1. The molecule has 0 bridgehead atoms. The topological polar surface area (TPSA) is 60.9 Å². The van der Waals surface area contributed by atoms with Gasteiger partial charge in [0.1, 0.15) is 5.54 Å². The lowest BCUT2D eigenvalue weighted by Gasteiger charge is -2.34. The predicted octanol–water partition coefficient (Wildman–Crippen LogP) is 2.11. The largest absolute Gasteiger partial charge is 0.480 e. The minimum Gasteiger partial charge on any atom is -0.480 e. The molecular weight excluding hydrogens is 256 g/mol. The highest BCUT2D eigenvalue weighted by molar-refractivity contribution is 5.97. The first-order valence-electron chi connectivity index (χ1n) is 6.94. The van der Waals surface area contributed by atoms with Gasteiger partial charge in [-0.2, -0.15) is 0 Å². The Labute approximate surface area is 117 Å². The molecule has 2 amide bonds. The van der Waals surface area contributed by atoms with Gasteiger partial charge in [-0.1, -0.05) is 18.2 Å². The Bertz CT molecular complexity index is 572. The molecule has 0 aromatic heterocycles. The van der Waals surface area contributed by atoms with Crippen LogP contribution in [0.2, 0.25) is 0 Å². The number of nitrogens with zero attached hydrogens (tertiary/aromatic N) is 2. The van der Waals surface area contributed by atoms with Gasteiger partial charge in [-0.25, -0.2) is 9.59 Å². The molecule has 1 unspecified atom stereocenters. The Hall–Kier alpha value is -2.04. The van der Waals surface area contributed by atoms with Gasteiger partial charge in [-0.15, -0.1) is 0 Å². The first-order chi connectivity index (χ1) is 9.54. The van der Waals surface area contributed by atoms with E-state index in [1.807, 2.05) is 24.3 Å². The summed E-state index contributed by atoms with van der Waals surface area (Å²) >= 11 is 0. The molecule has 1 fully saturated rings. The Balaban J connectivity index is 1.89. The Morgan fingerprint density at radius 3 is 2.75 bits per heavy atom. The van der Waals surface area contributed by atoms with E-state index in [1.54, 1.807) is 11.8 Å². The Kier molecular flexibility index (Phi) is 2.92. The standard InChI is InChI=1S/C15H18N2O3/c1-15(13(18)19)8-4-9-17(15)14(20)16-10-7-11-5-2-3-6-12(11)16/h2-3,5-6H,4,7-10H2,1H3,(H,18,19). The fourth-order valence-electron chi connectivity index (χ4n) is 3.17. The van der Waals surface area contributed by atoms with Crippen LogP contribution in [0, 0.1) is 0 Å². The van der Waals surface area contributed by atoms with Crippen molar-refractivity contribution in [2.24, 2.45) is 0 Å². The van der Waals surface area contributed by atoms with Gasteiger partial charge in [0, 0.05) is 18.8 Å². The molecule has 20 heavy (non-hydrogen) atoms. The number of para-hydroxylation sites is 1. The third-order valence-electron chi connectivity index (χ3n) is 4.45. The summed E-state index contributed by atoms with van der Waals surface area (Å²) in [5, 5.41) is 9.42. The van der Waals surface area contributed by atoms with Crippen molar-refractivity contribution in [2.45, 2.75) is 31.7 Å². The molecule has 5 nitrogen and oxygen atoms in total. The van der Waals surface area contributed by atoms with Crippen molar-refractivity contribution in [3.8, 4) is 0 Å². The molecule has 1 saturated heterocycles. The van der Waals surface area contributed by atoms with Crippen LogP contribution in [0.4, 0.5) is 10.5 Å². The summed E-state index contributed by atoms with van der Waals surface area (Å²) < 4.78 is 0. The molecule has 0 saturated carbocycles. The number of carbonyl (C=O) groups is 2. The molecule has 2 aliphatic heterocycles. The fraction of sp³-hybridized carbons (Fsp3) is 0.467. The van der Waals surface area contributed by atoms with Crippen LogP contribution in [0.5, 0.6) is 0 Å². The number of hydrogen-bond donors (Lipinski definition) is 1. The first kappa shape index (κ1) is 13.0. The van der Waals surface area contributed by atoms with Crippen molar-refractivity contribution in [3.05, 3.63) is 29.8 Å². The quantitative estimate of drug-likeness (QED) is 0.853. The summed E-state index contributed by atoms with van der Waals surface area (Å²) in [6.07, 6.45) is 2.09. The van der Waals surface area contributed by atoms with Gasteiger partial charge in [-0.3, -0.25) is 4.90 Å². The van der Waals surface area contributed by atoms with Crippen LogP contribution in [0.3, 0.4) is 0 Å². The lowest BCUT2D eigenvalue weighted by Crippen LogP contribution is -2.55. The molecule has 2 heterocycles. The van der Waals surface area contributed by atoms with Crippen LogP contribution in [0.25, 0.3) is 0 Å². The van der Waals surface area contributed by atoms with Crippen molar-refractivity contribution in [1.82, 2.24) is 4.90 Å². The third-order valence-corrected chi connectivity index (χ3v) is 4.45. The molecule has 2 aliphatic rings. The summed E-state index contributed by atoms with van der Waals surface area (Å²) in [7, 11) is 0. The summed E-state index contributed by atoms with van der Waals surface area (Å²) in [4.78, 5) is 27.4. The lowest BCUT2D eigenvalue weighted by atomic mass is 10.00. The number of benzene rings is 1. The van der Waals surface area contributed by atoms with E-state index in [-0.39, 0.29) is 6.03 Å². The SMILES string of the molecule is CC1(C(=O)O)CCCN1C(=O)N1CCc2ccccc21. The summed E-state index contributed by atoms with van der Waals surface area (Å²) in [6.45, 7) is 2.78. The number of rotatable bonds is 1. The first-order valence-corrected chi connectivity index (χ1v) is 6.94. The predicted molar refractivity (Wildman–Crippen MR) is 74.9 cm³/mol. The van der Waals surface area contributed by atoms with E-state index in [4.69, 9.17) is 0 Å². The van der Waals surface area contributed by atoms with Gasteiger partial charge in [0.2, 0.25) is 0 Å². The van der Waals surface area contributed by atoms with Crippen molar-refractivity contribution in [2.75, 3.05) is 18.0 Å². The van der Waals surface area contributed by atoms with E-state index in [0.29, 0.717) is 19.5 Å². The van der Waals surface area contributed by atoms with Crippen LogP contribution in [0.1, 0.15) is 25.3 Å². The molecule has 3 rings (SSSR count). The highest BCUT2D eigenvalue weighted by Gasteiger charge is 2.47. The second kappa shape index (κ2) is 4.51. The minimum absolute atomic E-state index is 0.183. The van der Waals surface area contributed by atoms with Gasteiger partial charge in [0.25, 0.3) is 0 Å². The van der Waals surface area contributed by atoms with Gasteiger partial charge in [0.05, 0.1) is 0 Å². The average Bonchev–Trinajstić information content (AvgIpc) is 3.02. The van der Waals surface area contributed by atoms with Gasteiger partial charge >= 0.3 is 12.0 Å². The Morgan fingerprint density at radius 1 is 1.25 bits per heavy atom. The molecule has 1 N–H and O–H groups in total. The Morgan fingerprint density at radius 2 is 2.00 bits per heavy atom. The zero-order chi connectivity index (χ0) is 14.3. The number of fused-ring (bicyclic) bond motifs is 1. The normalized spacial score (nSPS) is 24.9. The fourth-order valence-corrected chi connectivity index (χ4v) is 3.17. The number of likely N-dealkylation sites (tertiary alicyclic amines) is 1. The second-order valence-corrected chi connectivity index (χ2v) is 5.65. The highest BCUT2D eigenvalue weighted by Crippen LogP contribution is 2.34. The molecule has 0 spiro atoms. The zero-order valence-electron chi connectivity index (χ0n) is 11.5.